The van der Waals surface area contributed by atoms with Crippen molar-refractivity contribution >= 4 is 17.9 Å². The molecule has 21 heavy (non-hydrogen) atoms. The van der Waals surface area contributed by atoms with Crippen LogP contribution in [0.4, 0.5) is 4.79 Å². The molecule has 0 aliphatic heterocycles. The third-order valence-electron chi connectivity index (χ3n) is 2.86. The number of carbonyl (C=O) groups is 3. The van der Waals surface area contributed by atoms with Crippen LogP contribution in [0.3, 0.4) is 0 Å². The van der Waals surface area contributed by atoms with Crippen molar-refractivity contribution < 1.29 is 24.2 Å². The molecular formula is C13H25N3O5. The van der Waals surface area contributed by atoms with Crippen molar-refractivity contribution in [3.63, 3.8) is 0 Å². The number of carboxylic acid groups (broad SMARTS) is 1. The molecule has 0 aromatic heterocycles. The zero-order chi connectivity index (χ0) is 16.4. The number of amides is 3. The van der Waals surface area contributed by atoms with Crippen molar-refractivity contribution in [3.8, 4) is 0 Å². The molecular weight excluding hydrogens is 278 g/mol. The predicted molar refractivity (Wildman–Crippen MR) is 76.9 cm³/mol. The van der Waals surface area contributed by atoms with E-state index < -0.39 is 24.1 Å². The molecule has 0 rings (SSSR count). The first-order valence-electron chi connectivity index (χ1n) is 6.83. The van der Waals surface area contributed by atoms with Crippen molar-refractivity contribution in [2.24, 2.45) is 5.92 Å². The maximum Gasteiger partial charge on any atom is 0.315 e. The molecule has 122 valence electrons. The molecule has 0 fully saturated rings. The lowest BCUT2D eigenvalue weighted by Gasteiger charge is -2.22. The summed E-state index contributed by atoms with van der Waals surface area (Å²) in [5.41, 5.74) is 0. The van der Waals surface area contributed by atoms with E-state index in [-0.39, 0.29) is 18.2 Å². The minimum Gasteiger partial charge on any atom is -0.481 e. The van der Waals surface area contributed by atoms with Gasteiger partial charge >= 0.3 is 12.0 Å². The topological polar surface area (TPSA) is 117 Å². The Bertz CT molecular complexity index is 360. The van der Waals surface area contributed by atoms with Gasteiger partial charge in [-0.2, -0.15) is 0 Å². The monoisotopic (exact) mass is 303 g/mol. The molecule has 3 amide bonds. The Morgan fingerprint density at radius 2 is 1.76 bits per heavy atom. The van der Waals surface area contributed by atoms with Crippen LogP contribution in [0, 0.1) is 5.92 Å². The fourth-order valence-electron chi connectivity index (χ4n) is 1.54. The maximum absolute atomic E-state index is 11.8. The number of hydrogen-bond acceptors (Lipinski definition) is 4. The average Bonchev–Trinajstić information content (AvgIpc) is 2.37. The highest BCUT2D eigenvalue weighted by molar-refractivity contribution is 5.86. The second-order valence-electron chi connectivity index (χ2n) is 5.07. The van der Waals surface area contributed by atoms with Gasteiger partial charge in [-0.25, -0.2) is 4.79 Å². The molecule has 0 saturated heterocycles. The third kappa shape index (κ3) is 8.85. The van der Waals surface area contributed by atoms with Gasteiger partial charge < -0.3 is 25.8 Å². The molecule has 0 aliphatic carbocycles. The van der Waals surface area contributed by atoms with E-state index in [0.29, 0.717) is 13.2 Å². The van der Waals surface area contributed by atoms with Crippen molar-refractivity contribution in [1.29, 1.82) is 0 Å². The Kier molecular flexibility index (Phi) is 9.11. The van der Waals surface area contributed by atoms with Gasteiger partial charge in [0.25, 0.3) is 0 Å². The fourth-order valence-corrected chi connectivity index (χ4v) is 1.54. The largest absolute Gasteiger partial charge is 0.481 e. The zero-order valence-corrected chi connectivity index (χ0v) is 12.9. The van der Waals surface area contributed by atoms with Crippen LogP contribution in [0.5, 0.6) is 0 Å². The Labute approximate surface area is 124 Å². The smallest absolute Gasteiger partial charge is 0.315 e. The molecule has 0 spiro atoms. The second kappa shape index (κ2) is 9.98. The fraction of sp³-hybridized carbons (Fsp3) is 0.769. The van der Waals surface area contributed by atoms with Gasteiger partial charge in [0, 0.05) is 19.7 Å². The van der Waals surface area contributed by atoms with Crippen LogP contribution in [0.2, 0.25) is 0 Å². The molecule has 2 atom stereocenters. The zero-order valence-electron chi connectivity index (χ0n) is 12.9. The summed E-state index contributed by atoms with van der Waals surface area (Å²) in [7, 11) is 1.52. The molecule has 8 nitrogen and oxygen atoms in total. The minimum absolute atomic E-state index is 0.0299. The van der Waals surface area contributed by atoms with Gasteiger partial charge in [-0.05, 0) is 12.8 Å². The molecule has 0 aromatic rings. The van der Waals surface area contributed by atoms with E-state index in [9.17, 15) is 14.4 Å². The van der Waals surface area contributed by atoms with Gasteiger partial charge in [-0.3, -0.25) is 9.59 Å². The van der Waals surface area contributed by atoms with Gasteiger partial charge in [-0.15, -0.1) is 0 Å². The average molecular weight is 303 g/mol. The van der Waals surface area contributed by atoms with Crippen LogP contribution >= 0.6 is 0 Å². The van der Waals surface area contributed by atoms with Crippen molar-refractivity contribution in [1.82, 2.24) is 16.0 Å². The Hall–Kier alpha value is -1.83. The summed E-state index contributed by atoms with van der Waals surface area (Å²) in [6, 6.07) is -1.78. The summed E-state index contributed by atoms with van der Waals surface area (Å²) in [5, 5.41) is 16.4. The van der Waals surface area contributed by atoms with Crippen LogP contribution in [-0.4, -0.2) is 55.4 Å². The summed E-state index contributed by atoms with van der Waals surface area (Å²) in [6.45, 7) is 5.92. The first-order valence-corrected chi connectivity index (χ1v) is 6.83. The molecule has 0 aliphatic rings. The molecule has 0 radical (unpaired) electrons. The highest BCUT2D eigenvalue weighted by Gasteiger charge is 2.21. The summed E-state index contributed by atoms with van der Waals surface area (Å²) in [4.78, 5) is 34.1. The van der Waals surface area contributed by atoms with Crippen LogP contribution in [-0.2, 0) is 14.3 Å². The number of carbonyl (C=O) groups excluding carboxylic acids is 2. The van der Waals surface area contributed by atoms with Crippen molar-refractivity contribution in [3.05, 3.63) is 0 Å². The van der Waals surface area contributed by atoms with E-state index in [0.717, 1.165) is 0 Å². The van der Waals surface area contributed by atoms with Gasteiger partial charge in [-0.1, -0.05) is 13.8 Å². The number of urea groups is 1. The number of methoxy groups -OCH3 is 1. The Balaban J connectivity index is 4.26. The number of aliphatic carboxylic acids is 1. The van der Waals surface area contributed by atoms with E-state index in [1.807, 2.05) is 13.8 Å². The SMILES string of the molecule is COCCNC(=O)C(C)NC(=O)NC(CC(=O)O)C(C)C. The van der Waals surface area contributed by atoms with Crippen molar-refractivity contribution in [2.75, 3.05) is 20.3 Å². The maximum atomic E-state index is 11.8. The highest BCUT2D eigenvalue weighted by atomic mass is 16.5. The van der Waals surface area contributed by atoms with E-state index in [1.165, 1.54) is 7.11 Å². The third-order valence-corrected chi connectivity index (χ3v) is 2.86. The first kappa shape index (κ1) is 19.2. The van der Waals surface area contributed by atoms with E-state index in [2.05, 4.69) is 16.0 Å². The number of hydrogen-bond donors (Lipinski definition) is 4. The Morgan fingerprint density at radius 3 is 2.24 bits per heavy atom. The molecule has 0 bridgehead atoms. The normalized spacial score (nSPS) is 13.4. The summed E-state index contributed by atoms with van der Waals surface area (Å²) < 4.78 is 4.80. The van der Waals surface area contributed by atoms with Gasteiger partial charge in [0.05, 0.1) is 13.0 Å². The van der Waals surface area contributed by atoms with Gasteiger partial charge in [0.15, 0.2) is 0 Å². The van der Waals surface area contributed by atoms with Crippen LogP contribution < -0.4 is 16.0 Å². The first-order chi connectivity index (χ1) is 9.77. The van der Waals surface area contributed by atoms with E-state index in [1.54, 1.807) is 6.92 Å². The van der Waals surface area contributed by atoms with Crippen LogP contribution in [0.15, 0.2) is 0 Å². The molecule has 0 aromatic carbocycles. The molecule has 0 saturated carbocycles. The van der Waals surface area contributed by atoms with Gasteiger partial charge in [0.2, 0.25) is 5.91 Å². The molecule has 4 N–H and O–H groups in total. The molecule has 2 unspecified atom stereocenters. The second-order valence-corrected chi connectivity index (χ2v) is 5.07. The Morgan fingerprint density at radius 1 is 1.14 bits per heavy atom. The summed E-state index contributed by atoms with van der Waals surface area (Å²) in [5.74, 6) is -1.35. The standard InChI is InChI=1S/C13H25N3O5/c1-8(2)10(7-11(17)18)16-13(20)15-9(3)12(19)14-5-6-21-4/h8-10H,5-7H2,1-4H3,(H,14,19)(H,17,18)(H2,15,16,20). The lowest BCUT2D eigenvalue weighted by Crippen LogP contribution is -2.52. The van der Waals surface area contributed by atoms with Gasteiger partial charge in [0.1, 0.15) is 6.04 Å². The minimum atomic E-state index is -0.987. The number of ether oxygens (including phenoxy) is 1. The van der Waals surface area contributed by atoms with E-state index >= 15 is 0 Å². The van der Waals surface area contributed by atoms with Crippen LogP contribution in [0.25, 0.3) is 0 Å². The molecule has 8 heteroatoms. The predicted octanol–water partition coefficient (Wildman–Crippen LogP) is -0.0640. The number of nitrogens with one attached hydrogen (secondary N) is 3. The summed E-state index contributed by atoms with van der Waals surface area (Å²) in [6.07, 6.45) is -0.167. The molecule has 0 heterocycles. The summed E-state index contributed by atoms with van der Waals surface area (Å²) >= 11 is 0. The lowest BCUT2D eigenvalue weighted by molar-refractivity contribution is -0.137. The van der Waals surface area contributed by atoms with E-state index in [4.69, 9.17) is 9.84 Å². The lowest BCUT2D eigenvalue weighted by atomic mass is 10.0. The highest BCUT2D eigenvalue weighted by Crippen LogP contribution is 2.05. The van der Waals surface area contributed by atoms with Crippen molar-refractivity contribution in [2.45, 2.75) is 39.3 Å². The number of carboxylic acids is 1. The van der Waals surface area contributed by atoms with Crippen LogP contribution in [0.1, 0.15) is 27.2 Å². The number of rotatable bonds is 9. The quantitative estimate of drug-likeness (QED) is 0.445.